The number of anilines is 4. The van der Waals surface area contributed by atoms with E-state index >= 15 is 0 Å². The molecule has 2 aliphatic heterocycles. The first kappa shape index (κ1) is 24.1. The molecule has 44 heavy (non-hydrogen) atoms. The van der Waals surface area contributed by atoms with Crippen LogP contribution in [0.3, 0.4) is 0 Å². The van der Waals surface area contributed by atoms with Crippen LogP contribution in [0.4, 0.5) is 29.1 Å². The SMILES string of the molecule is O=C1C=C2C(=CC1=O)C1=Nc3[nH]c(c4ccccc34)Nc3[nH]c(c4ccccc34)Nc3[nH]c(c4c3C=C(O)C(=O)C=4)=NC2=N1. The largest absolute Gasteiger partial charge is 0.504 e. The van der Waals surface area contributed by atoms with Gasteiger partial charge in [0.2, 0.25) is 17.3 Å². The number of aliphatic hydroxyl groups excluding tert-OH is 1. The third-order valence-electron chi connectivity index (χ3n) is 7.99. The minimum Gasteiger partial charge on any atom is -0.504 e. The Bertz CT molecular complexity index is 2510. The number of carbonyl (C=O) groups is 3. The number of amidine groups is 2. The second-order valence-electron chi connectivity index (χ2n) is 10.6. The number of H-pyrrole nitrogens is 3. The molecule has 210 valence electrons. The number of ketones is 3. The van der Waals surface area contributed by atoms with Crippen LogP contribution >= 0.6 is 0 Å². The monoisotopic (exact) mass is 578 g/mol. The number of nitrogens with one attached hydrogen (secondary N) is 5. The molecule has 9 rings (SSSR count). The first-order chi connectivity index (χ1) is 21.4. The van der Waals surface area contributed by atoms with E-state index in [0.717, 1.165) is 21.5 Å². The van der Waals surface area contributed by atoms with Crippen molar-refractivity contribution in [3.05, 3.63) is 93.9 Å². The van der Waals surface area contributed by atoms with E-state index in [-0.39, 0.29) is 17.2 Å². The van der Waals surface area contributed by atoms with Gasteiger partial charge in [0.15, 0.2) is 17.4 Å². The molecule has 2 aromatic carbocycles. The molecule has 0 saturated carbocycles. The number of aromatic amines is 3. The summed E-state index contributed by atoms with van der Waals surface area (Å²) in [7, 11) is 0. The molecule has 2 aliphatic carbocycles. The van der Waals surface area contributed by atoms with Gasteiger partial charge >= 0.3 is 0 Å². The molecule has 12 heteroatoms. The minimum atomic E-state index is -0.699. The number of aliphatic hydroxyl groups is 1. The summed E-state index contributed by atoms with van der Waals surface area (Å²) in [5.41, 5.74) is 1.47. The summed E-state index contributed by atoms with van der Waals surface area (Å²) < 4.78 is 0. The van der Waals surface area contributed by atoms with Crippen molar-refractivity contribution >= 4 is 91.8 Å². The summed E-state index contributed by atoms with van der Waals surface area (Å²) in [6, 6.07) is 15.5. The van der Waals surface area contributed by atoms with Gasteiger partial charge in [-0.1, -0.05) is 48.5 Å². The summed E-state index contributed by atoms with van der Waals surface area (Å²) in [4.78, 5) is 61.7. The van der Waals surface area contributed by atoms with Gasteiger partial charge in [0.25, 0.3) is 0 Å². The first-order valence-corrected chi connectivity index (χ1v) is 13.6. The lowest BCUT2D eigenvalue weighted by molar-refractivity contribution is -0.131. The van der Waals surface area contributed by atoms with E-state index in [1.54, 1.807) is 0 Å². The van der Waals surface area contributed by atoms with Crippen LogP contribution in [0.5, 0.6) is 0 Å². The Hall–Kier alpha value is -6.56. The zero-order valence-electron chi connectivity index (χ0n) is 22.4. The average molecular weight is 579 g/mol. The van der Waals surface area contributed by atoms with Crippen LogP contribution in [0, 0.1) is 0 Å². The highest BCUT2D eigenvalue weighted by atomic mass is 16.3. The Morgan fingerprint density at radius 1 is 0.545 bits per heavy atom. The Kier molecular flexibility index (Phi) is 4.64. The fourth-order valence-electron chi connectivity index (χ4n) is 5.92. The van der Waals surface area contributed by atoms with Crippen LogP contribution in [-0.4, -0.2) is 49.1 Å². The van der Waals surface area contributed by atoms with Crippen molar-refractivity contribution in [2.24, 2.45) is 15.0 Å². The van der Waals surface area contributed by atoms with Crippen LogP contribution < -0.4 is 21.3 Å². The number of aromatic nitrogens is 3. The lowest BCUT2D eigenvalue weighted by Crippen LogP contribution is -2.29. The molecule has 0 radical (unpaired) electrons. The fraction of sp³-hybridized carbons (Fsp3) is 0. The normalized spacial score (nSPS) is 16.9. The van der Waals surface area contributed by atoms with Crippen LogP contribution in [0.15, 0.2) is 92.6 Å². The topological polar surface area (TPSA) is 180 Å². The van der Waals surface area contributed by atoms with Crippen molar-refractivity contribution in [2.75, 3.05) is 10.6 Å². The highest BCUT2D eigenvalue weighted by Gasteiger charge is 2.32. The Balaban J connectivity index is 1.38. The molecule has 0 unspecified atom stereocenters. The molecule has 8 bridgehead atoms. The maximum atomic E-state index is 12.5. The number of hydrogen-bond acceptors (Lipinski definition) is 9. The second-order valence-corrected chi connectivity index (χ2v) is 10.6. The molecule has 4 aliphatic rings. The predicted octanol–water partition coefficient (Wildman–Crippen LogP) is 3.81. The molecule has 5 heterocycles. The van der Waals surface area contributed by atoms with Gasteiger partial charge in [0.1, 0.15) is 34.6 Å². The third kappa shape index (κ3) is 3.38. The van der Waals surface area contributed by atoms with E-state index in [0.29, 0.717) is 51.0 Å². The number of nitrogens with zero attached hydrogens (tertiary/aromatic N) is 3. The number of aliphatic imine (C=N–C) groups is 2. The number of benzene rings is 2. The van der Waals surface area contributed by atoms with Gasteiger partial charge in [-0.3, -0.25) is 14.4 Å². The zero-order valence-corrected chi connectivity index (χ0v) is 22.4. The summed E-state index contributed by atoms with van der Waals surface area (Å²) in [6.45, 7) is 0. The van der Waals surface area contributed by atoms with Crippen molar-refractivity contribution in [1.82, 2.24) is 15.0 Å². The minimum absolute atomic E-state index is 0.139. The van der Waals surface area contributed by atoms with E-state index in [9.17, 15) is 19.5 Å². The highest BCUT2D eigenvalue weighted by Crippen LogP contribution is 2.39. The molecule has 6 N–H and O–H groups in total. The molecule has 0 fully saturated rings. The van der Waals surface area contributed by atoms with Crippen LogP contribution in [0.1, 0.15) is 5.56 Å². The predicted molar refractivity (Wildman–Crippen MR) is 166 cm³/mol. The fourth-order valence-corrected chi connectivity index (χ4v) is 5.92. The molecular weight excluding hydrogens is 560 g/mol. The number of carbonyl (C=O) groups excluding carboxylic acids is 3. The number of hydrogen-bond donors (Lipinski definition) is 6. The molecule has 0 saturated heterocycles. The van der Waals surface area contributed by atoms with E-state index in [4.69, 9.17) is 9.98 Å². The standard InChI is InChI=1S/C32H18N8O4/c41-21-9-17-19(11-23(21)43)31-38-29(17)36-27-15-7-3-1-5-13(15)25(34-27)33-26-14-6-2-4-8-16(14)28(35-26)37-30-18-10-22(42)24(44)12-20(18)32(39-30)40-31/h1-12,33-36,41H,(H,37,38,39,40). The Morgan fingerprint density at radius 2 is 1.11 bits per heavy atom. The molecule has 0 amide bonds. The van der Waals surface area contributed by atoms with Crippen molar-refractivity contribution < 1.29 is 19.5 Å². The van der Waals surface area contributed by atoms with Gasteiger partial charge in [-0.25, -0.2) is 15.0 Å². The van der Waals surface area contributed by atoms with Crippen molar-refractivity contribution in [1.29, 1.82) is 0 Å². The maximum absolute atomic E-state index is 12.5. The second kappa shape index (κ2) is 8.49. The summed E-state index contributed by atoms with van der Waals surface area (Å²) in [6.07, 6.45) is 5.09. The summed E-state index contributed by atoms with van der Waals surface area (Å²) in [5.74, 6) is 0.944. The smallest absolute Gasteiger partial charge is 0.226 e. The zero-order chi connectivity index (χ0) is 29.7. The van der Waals surface area contributed by atoms with Crippen molar-refractivity contribution in [2.45, 2.75) is 0 Å². The Morgan fingerprint density at radius 3 is 1.80 bits per heavy atom. The highest BCUT2D eigenvalue weighted by molar-refractivity contribution is 6.50. The van der Waals surface area contributed by atoms with E-state index in [2.05, 4.69) is 30.6 Å². The van der Waals surface area contributed by atoms with Crippen LogP contribution in [0.2, 0.25) is 0 Å². The number of rotatable bonds is 0. The van der Waals surface area contributed by atoms with Gasteiger partial charge in [0.05, 0.1) is 0 Å². The Labute approximate surface area is 245 Å². The molecule has 0 spiro atoms. The molecule has 0 atom stereocenters. The van der Waals surface area contributed by atoms with Crippen LogP contribution in [0.25, 0.3) is 33.7 Å². The van der Waals surface area contributed by atoms with E-state index < -0.39 is 23.1 Å². The summed E-state index contributed by atoms with van der Waals surface area (Å²) >= 11 is 0. The molecule has 5 aromatic rings. The number of Topliss-reactive ketones (excluding diaryl/α,β-unsaturated/α-hetero) is 1. The average Bonchev–Trinajstić information content (AvgIpc) is 3.73. The maximum Gasteiger partial charge on any atom is 0.226 e. The van der Waals surface area contributed by atoms with E-state index in [1.807, 2.05) is 48.5 Å². The van der Waals surface area contributed by atoms with Crippen LogP contribution in [-0.2, 0) is 14.4 Å². The quantitative estimate of drug-likeness (QED) is 0.120. The third-order valence-corrected chi connectivity index (χ3v) is 7.99. The summed E-state index contributed by atoms with van der Waals surface area (Å²) in [5, 5.41) is 21.1. The number of allylic oxidation sites excluding steroid dienone is 3. The van der Waals surface area contributed by atoms with Gasteiger partial charge in [-0.2, -0.15) is 0 Å². The molecular formula is C32H18N8O4. The van der Waals surface area contributed by atoms with Gasteiger partial charge in [0, 0.05) is 61.7 Å². The van der Waals surface area contributed by atoms with Gasteiger partial charge in [-0.15, -0.1) is 0 Å². The molecule has 3 aromatic heterocycles. The first-order valence-electron chi connectivity index (χ1n) is 13.6. The lowest BCUT2D eigenvalue weighted by Gasteiger charge is -2.07. The number of fused-ring (bicyclic) bond motifs is 19. The lowest BCUT2D eigenvalue weighted by atomic mass is 9.97. The van der Waals surface area contributed by atoms with Crippen molar-refractivity contribution in [3.63, 3.8) is 0 Å². The van der Waals surface area contributed by atoms with Gasteiger partial charge in [-0.05, 0) is 6.08 Å². The van der Waals surface area contributed by atoms with Crippen molar-refractivity contribution in [3.8, 4) is 0 Å². The molecule has 12 nitrogen and oxygen atoms in total. The van der Waals surface area contributed by atoms with E-state index in [1.165, 1.54) is 24.3 Å². The van der Waals surface area contributed by atoms with Gasteiger partial charge < -0.3 is 30.7 Å².